The van der Waals surface area contributed by atoms with Crippen molar-refractivity contribution in [2.45, 2.75) is 30.7 Å². The van der Waals surface area contributed by atoms with Crippen molar-refractivity contribution in [3.05, 3.63) is 56.9 Å². The third-order valence-electron chi connectivity index (χ3n) is 5.91. The zero-order valence-electron chi connectivity index (χ0n) is 19.7. The van der Waals surface area contributed by atoms with Crippen LogP contribution in [-0.2, 0) is 25.9 Å². The first-order valence-corrected chi connectivity index (χ1v) is 13.8. The summed E-state index contributed by atoms with van der Waals surface area (Å²) in [6.07, 6.45) is 4.05. The van der Waals surface area contributed by atoms with Gasteiger partial charge in [0.25, 0.3) is 11.6 Å². The fraction of sp³-hybridized carbons (Fsp3) is 0.348. The highest BCUT2D eigenvalue weighted by Crippen LogP contribution is 2.31. The van der Waals surface area contributed by atoms with Gasteiger partial charge in [0.1, 0.15) is 12.2 Å². The van der Waals surface area contributed by atoms with E-state index in [1.165, 1.54) is 42.0 Å². The average Bonchev–Trinajstić information content (AvgIpc) is 3.19. The van der Waals surface area contributed by atoms with Crippen LogP contribution < -0.4 is 9.70 Å². The van der Waals surface area contributed by atoms with E-state index in [2.05, 4.69) is 4.99 Å². The van der Waals surface area contributed by atoms with Crippen LogP contribution in [0.3, 0.4) is 0 Å². The molecule has 1 aromatic heterocycles. The van der Waals surface area contributed by atoms with E-state index >= 15 is 0 Å². The van der Waals surface area contributed by atoms with Crippen LogP contribution in [0.2, 0.25) is 0 Å². The Morgan fingerprint density at radius 2 is 1.86 bits per heavy atom. The van der Waals surface area contributed by atoms with Gasteiger partial charge in [0.15, 0.2) is 14.6 Å². The van der Waals surface area contributed by atoms with E-state index in [0.29, 0.717) is 29.0 Å². The number of sulfone groups is 1. The molecule has 11 nitrogen and oxygen atoms in total. The Kier molecular flexibility index (Phi) is 7.22. The number of carbonyl (C=O) groups excluding carboxylic acids is 2. The zero-order chi connectivity index (χ0) is 26.0. The van der Waals surface area contributed by atoms with E-state index in [9.17, 15) is 28.1 Å². The van der Waals surface area contributed by atoms with Crippen molar-refractivity contribution in [3.8, 4) is 0 Å². The molecule has 0 N–H and O–H groups in total. The number of thiazole rings is 1. The maximum atomic E-state index is 13.1. The molecule has 13 heteroatoms. The Bertz CT molecular complexity index is 1530. The molecule has 190 valence electrons. The fourth-order valence-corrected chi connectivity index (χ4v) is 5.86. The molecule has 0 bridgehead atoms. The van der Waals surface area contributed by atoms with Gasteiger partial charge in [0.05, 0.1) is 27.1 Å². The van der Waals surface area contributed by atoms with Crippen LogP contribution in [0.15, 0.2) is 46.3 Å². The van der Waals surface area contributed by atoms with Crippen molar-refractivity contribution in [3.63, 3.8) is 0 Å². The molecular weight excluding hydrogens is 508 g/mol. The number of methoxy groups -OCH3 is 1. The SMILES string of the molecule is COC(=O)Cn1c(=NC(=O)c2ccc(N3CCCCC3)c([N+](=O)[O-])c2)sc2cc(S(C)(=O)=O)ccc21. The van der Waals surface area contributed by atoms with E-state index < -0.39 is 26.6 Å². The lowest BCUT2D eigenvalue weighted by molar-refractivity contribution is -0.384. The lowest BCUT2D eigenvalue weighted by atomic mass is 10.1. The number of hydrogen-bond donors (Lipinski definition) is 0. The third kappa shape index (κ3) is 5.31. The second kappa shape index (κ2) is 10.2. The molecule has 0 radical (unpaired) electrons. The molecule has 0 spiro atoms. The minimum atomic E-state index is -3.48. The van der Waals surface area contributed by atoms with E-state index in [4.69, 9.17) is 4.74 Å². The molecule has 0 saturated carbocycles. The van der Waals surface area contributed by atoms with Gasteiger partial charge in [-0.15, -0.1) is 0 Å². The van der Waals surface area contributed by atoms with Gasteiger partial charge >= 0.3 is 5.97 Å². The van der Waals surface area contributed by atoms with Crippen LogP contribution in [0, 0.1) is 10.1 Å². The smallest absolute Gasteiger partial charge is 0.325 e. The van der Waals surface area contributed by atoms with Crippen LogP contribution in [-0.4, -0.2) is 56.2 Å². The zero-order valence-corrected chi connectivity index (χ0v) is 21.3. The summed E-state index contributed by atoms with van der Waals surface area (Å²) in [7, 11) is -2.25. The normalized spacial score (nSPS) is 14.7. The van der Waals surface area contributed by atoms with Gasteiger partial charge in [-0.3, -0.25) is 19.7 Å². The molecule has 0 unspecified atom stereocenters. The van der Waals surface area contributed by atoms with E-state index in [-0.39, 0.29) is 27.5 Å². The minimum absolute atomic E-state index is 0.0290. The summed E-state index contributed by atoms with van der Waals surface area (Å²) in [6.45, 7) is 1.17. The molecule has 0 aliphatic carbocycles. The van der Waals surface area contributed by atoms with Crippen molar-refractivity contribution in [2.75, 3.05) is 31.4 Å². The number of anilines is 1. The molecule has 1 saturated heterocycles. The number of esters is 1. The molecule has 36 heavy (non-hydrogen) atoms. The van der Waals surface area contributed by atoms with Crippen LogP contribution in [0.5, 0.6) is 0 Å². The summed E-state index contributed by atoms with van der Waals surface area (Å²) >= 11 is 1.03. The van der Waals surface area contributed by atoms with Gasteiger partial charge in [-0.2, -0.15) is 4.99 Å². The highest BCUT2D eigenvalue weighted by atomic mass is 32.2. The number of nitrogens with zero attached hydrogens (tertiary/aromatic N) is 4. The Balaban J connectivity index is 1.80. The summed E-state index contributed by atoms with van der Waals surface area (Å²) in [5.74, 6) is -1.31. The maximum Gasteiger partial charge on any atom is 0.325 e. The van der Waals surface area contributed by atoms with Crippen molar-refractivity contribution in [1.82, 2.24) is 4.57 Å². The van der Waals surface area contributed by atoms with E-state index in [1.807, 2.05) is 4.90 Å². The summed E-state index contributed by atoms with van der Waals surface area (Å²) in [6, 6.07) is 8.68. The number of amides is 1. The largest absolute Gasteiger partial charge is 0.468 e. The third-order valence-corrected chi connectivity index (χ3v) is 8.06. The quantitative estimate of drug-likeness (QED) is 0.268. The lowest BCUT2D eigenvalue weighted by Gasteiger charge is -2.28. The molecular formula is C23H24N4O7S2. The molecule has 0 atom stereocenters. The Labute approximate surface area is 210 Å². The van der Waals surface area contributed by atoms with Gasteiger partial charge in [-0.05, 0) is 49.6 Å². The van der Waals surface area contributed by atoms with Crippen molar-refractivity contribution in [2.24, 2.45) is 4.99 Å². The van der Waals surface area contributed by atoms with Crippen LogP contribution in [0.1, 0.15) is 29.6 Å². The summed E-state index contributed by atoms with van der Waals surface area (Å²) in [4.78, 5) is 42.7. The van der Waals surface area contributed by atoms with Gasteiger partial charge in [-0.25, -0.2) is 8.42 Å². The van der Waals surface area contributed by atoms with Gasteiger partial charge < -0.3 is 14.2 Å². The topological polar surface area (TPSA) is 141 Å². The molecule has 2 heterocycles. The molecule has 4 rings (SSSR count). The number of piperidine rings is 1. The maximum absolute atomic E-state index is 13.1. The highest BCUT2D eigenvalue weighted by Gasteiger charge is 2.23. The van der Waals surface area contributed by atoms with Crippen LogP contribution >= 0.6 is 11.3 Å². The second-order valence-electron chi connectivity index (χ2n) is 8.37. The molecule has 1 fully saturated rings. The Morgan fingerprint density at radius 3 is 2.50 bits per heavy atom. The average molecular weight is 533 g/mol. The lowest BCUT2D eigenvalue weighted by Crippen LogP contribution is -2.30. The van der Waals surface area contributed by atoms with E-state index in [1.54, 1.807) is 6.07 Å². The predicted octanol–water partition coefficient (Wildman–Crippen LogP) is 2.92. The summed E-state index contributed by atoms with van der Waals surface area (Å²) < 4.78 is 30.6. The minimum Gasteiger partial charge on any atom is -0.468 e. The predicted molar refractivity (Wildman–Crippen MR) is 134 cm³/mol. The summed E-state index contributed by atoms with van der Waals surface area (Å²) in [5.41, 5.74) is 0.818. The van der Waals surface area contributed by atoms with Crippen molar-refractivity contribution in [1.29, 1.82) is 0 Å². The number of hydrogen-bond acceptors (Lipinski definition) is 9. The van der Waals surface area contributed by atoms with Gasteiger partial charge in [0.2, 0.25) is 0 Å². The number of nitro groups is 1. The number of rotatable bonds is 6. The monoisotopic (exact) mass is 532 g/mol. The number of benzene rings is 2. The molecule has 1 aliphatic heterocycles. The molecule has 1 aliphatic rings. The number of fused-ring (bicyclic) bond motifs is 1. The van der Waals surface area contributed by atoms with Gasteiger partial charge in [-0.1, -0.05) is 11.3 Å². The number of aromatic nitrogens is 1. The Hall–Kier alpha value is -3.58. The number of ether oxygens (including phenoxy) is 1. The Morgan fingerprint density at radius 1 is 1.14 bits per heavy atom. The van der Waals surface area contributed by atoms with Crippen LogP contribution in [0.4, 0.5) is 11.4 Å². The molecule has 3 aromatic rings. The first kappa shape index (κ1) is 25.5. The first-order chi connectivity index (χ1) is 17.1. The first-order valence-electron chi connectivity index (χ1n) is 11.1. The second-order valence-corrected chi connectivity index (χ2v) is 11.4. The van der Waals surface area contributed by atoms with Crippen molar-refractivity contribution >= 4 is 54.6 Å². The molecule has 1 amide bonds. The number of nitro benzene ring substituents is 1. The van der Waals surface area contributed by atoms with E-state index in [0.717, 1.165) is 36.9 Å². The standard InChI is InChI=1S/C23H24N4O7S2/c1-34-21(28)14-26-18-9-7-16(36(2,32)33)13-20(18)35-23(26)24-22(29)15-6-8-17(19(12-15)27(30)31)25-10-4-3-5-11-25/h6-9,12-13H,3-5,10-11,14H2,1-2H3. The van der Waals surface area contributed by atoms with Gasteiger partial charge in [0, 0.05) is 31.0 Å². The molecule has 2 aromatic carbocycles. The fourth-order valence-electron chi connectivity index (χ4n) is 4.07. The highest BCUT2D eigenvalue weighted by molar-refractivity contribution is 7.90. The number of carbonyl (C=O) groups is 2. The summed E-state index contributed by atoms with van der Waals surface area (Å²) in [5, 5.41) is 11.8. The van der Waals surface area contributed by atoms with Crippen molar-refractivity contribution < 1.29 is 27.7 Å². The van der Waals surface area contributed by atoms with Crippen LogP contribution in [0.25, 0.3) is 10.2 Å².